The van der Waals surface area contributed by atoms with Gasteiger partial charge in [0.15, 0.2) is 0 Å². The number of esters is 1. The molecule has 2 aromatic carbocycles. The number of carbonyl (C=O) groups is 3. The highest BCUT2D eigenvalue weighted by Gasteiger charge is 2.47. The molecule has 2 aromatic rings. The molecule has 0 aliphatic carbocycles. The number of hydrogen-bond donors (Lipinski definition) is 0. The van der Waals surface area contributed by atoms with Gasteiger partial charge < -0.3 is 4.74 Å². The zero-order valence-corrected chi connectivity index (χ0v) is 17.6. The molecule has 0 radical (unpaired) electrons. The minimum atomic E-state index is -1.40. The molecule has 2 unspecified atom stereocenters. The van der Waals surface area contributed by atoms with E-state index in [2.05, 4.69) is 0 Å². The second-order valence-electron chi connectivity index (χ2n) is 7.09. The first kappa shape index (κ1) is 21.1. The molecule has 1 saturated heterocycles. The van der Waals surface area contributed by atoms with Crippen molar-refractivity contribution in [2.75, 3.05) is 11.9 Å². The summed E-state index contributed by atoms with van der Waals surface area (Å²) in [6.07, 6.45) is -1.40. The first-order valence-corrected chi connectivity index (χ1v) is 9.78. The van der Waals surface area contributed by atoms with Crippen LogP contribution >= 0.6 is 23.2 Å². The van der Waals surface area contributed by atoms with Crippen molar-refractivity contribution in [1.29, 1.82) is 0 Å². The van der Waals surface area contributed by atoms with Crippen LogP contribution in [0.5, 0.6) is 0 Å². The quantitative estimate of drug-likeness (QED) is 0.505. The van der Waals surface area contributed by atoms with E-state index in [0.717, 1.165) is 9.80 Å². The van der Waals surface area contributed by atoms with Gasteiger partial charge in [-0.15, -0.1) is 0 Å². The van der Waals surface area contributed by atoms with Crippen LogP contribution in [0.2, 0.25) is 10.0 Å². The van der Waals surface area contributed by atoms with E-state index in [4.69, 9.17) is 27.9 Å². The first-order valence-electron chi connectivity index (χ1n) is 9.03. The SMILES string of the molecule is CC(C)C(C(=O)OC1C(=O)N(C)C(=O)N1c1cccc(Cl)c1)c1ccc(Cl)cc1. The molecule has 0 spiro atoms. The van der Waals surface area contributed by atoms with Crippen molar-refractivity contribution in [3.63, 3.8) is 0 Å². The van der Waals surface area contributed by atoms with Gasteiger partial charge in [-0.2, -0.15) is 0 Å². The lowest BCUT2D eigenvalue weighted by molar-refractivity contribution is -0.158. The van der Waals surface area contributed by atoms with Crippen molar-refractivity contribution >= 4 is 46.8 Å². The van der Waals surface area contributed by atoms with Crippen LogP contribution < -0.4 is 4.90 Å². The number of amides is 3. The highest BCUT2D eigenvalue weighted by molar-refractivity contribution is 6.31. The van der Waals surface area contributed by atoms with Gasteiger partial charge in [-0.3, -0.25) is 14.5 Å². The zero-order valence-electron chi connectivity index (χ0n) is 16.1. The van der Waals surface area contributed by atoms with Crippen molar-refractivity contribution in [3.05, 3.63) is 64.1 Å². The molecule has 1 heterocycles. The lowest BCUT2D eigenvalue weighted by Gasteiger charge is -2.25. The van der Waals surface area contributed by atoms with Crippen LogP contribution in [-0.2, 0) is 14.3 Å². The van der Waals surface area contributed by atoms with Gasteiger partial charge in [-0.25, -0.2) is 9.69 Å². The summed E-state index contributed by atoms with van der Waals surface area (Å²) in [5, 5.41) is 0.943. The van der Waals surface area contributed by atoms with Crippen molar-refractivity contribution in [3.8, 4) is 0 Å². The summed E-state index contributed by atoms with van der Waals surface area (Å²) in [7, 11) is 1.34. The molecule has 152 valence electrons. The third-order valence-electron chi connectivity index (χ3n) is 4.73. The molecule has 6 nitrogen and oxygen atoms in total. The Morgan fingerprint density at radius 2 is 1.69 bits per heavy atom. The maximum absolute atomic E-state index is 13.0. The fourth-order valence-corrected chi connectivity index (χ4v) is 3.56. The maximum Gasteiger partial charge on any atom is 0.334 e. The monoisotopic (exact) mass is 434 g/mol. The van der Waals surface area contributed by atoms with E-state index in [9.17, 15) is 14.4 Å². The van der Waals surface area contributed by atoms with Gasteiger partial charge >= 0.3 is 12.0 Å². The summed E-state index contributed by atoms with van der Waals surface area (Å²) >= 11 is 12.0. The number of imide groups is 1. The molecule has 1 aliphatic rings. The third kappa shape index (κ3) is 4.23. The Hall–Kier alpha value is -2.57. The number of rotatable bonds is 5. The second-order valence-corrected chi connectivity index (χ2v) is 7.97. The molecule has 29 heavy (non-hydrogen) atoms. The summed E-state index contributed by atoms with van der Waals surface area (Å²) in [5.74, 6) is -1.95. The average Bonchev–Trinajstić information content (AvgIpc) is 2.87. The zero-order chi connectivity index (χ0) is 21.3. The van der Waals surface area contributed by atoms with Crippen LogP contribution in [0.4, 0.5) is 10.5 Å². The Morgan fingerprint density at radius 1 is 1.03 bits per heavy atom. The molecule has 3 amide bonds. The minimum Gasteiger partial charge on any atom is -0.431 e. The fourth-order valence-electron chi connectivity index (χ4n) is 3.25. The lowest BCUT2D eigenvalue weighted by Crippen LogP contribution is -2.40. The molecule has 0 bridgehead atoms. The van der Waals surface area contributed by atoms with Crippen LogP contribution in [0.3, 0.4) is 0 Å². The van der Waals surface area contributed by atoms with E-state index in [0.29, 0.717) is 21.3 Å². The summed E-state index contributed by atoms with van der Waals surface area (Å²) in [5.41, 5.74) is 1.08. The summed E-state index contributed by atoms with van der Waals surface area (Å²) in [4.78, 5) is 40.3. The topological polar surface area (TPSA) is 66.9 Å². The highest BCUT2D eigenvalue weighted by atomic mass is 35.5. The smallest absolute Gasteiger partial charge is 0.334 e. The van der Waals surface area contributed by atoms with Crippen molar-refractivity contribution in [1.82, 2.24) is 4.90 Å². The average molecular weight is 435 g/mol. The standard InChI is InChI=1S/C21H20Cl2N2O4/c1-12(2)17(13-7-9-14(22)10-8-13)20(27)29-19-18(26)24(3)21(28)25(19)16-6-4-5-15(23)11-16/h4-12,17,19H,1-3H3. The highest BCUT2D eigenvalue weighted by Crippen LogP contribution is 2.32. The van der Waals surface area contributed by atoms with E-state index < -0.39 is 30.1 Å². The Kier molecular flexibility index (Phi) is 6.15. The Morgan fingerprint density at radius 3 is 2.28 bits per heavy atom. The van der Waals surface area contributed by atoms with Gasteiger partial charge in [0.25, 0.3) is 12.1 Å². The molecule has 0 N–H and O–H groups in total. The molecular formula is C21H20Cl2N2O4. The van der Waals surface area contributed by atoms with Gasteiger partial charge in [-0.05, 0) is 41.8 Å². The number of hydrogen-bond acceptors (Lipinski definition) is 4. The Labute approximate surface area is 178 Å². The minimum absolute atomic E-state index is 0.103. The number of urea groups is 1. The van der Waals surface area contributed by atoms with Gasteiger partial charge in [0.1, 0.15) is 0 Å². The molecule has 3 rings (SSSR count). The van der Waals surface area contributed by atoms with Crippen LogP contribution in [0.25, 0.3) is 0 Å². The van der Waals surface area contributed by atoms with Crippen LogP contribution in [0.1, 0.15) is 25.3 Å². The number of likely N-dealkylation sites (N-methyl/N-ethyl adjacent to an activating group) is 1. The molecule has 1 fully saturated rings. The van der Waals surface area contributed by atoms with E-state index in [-0.39, 0.29) is 5.92 Å². The van der Waals surface area contributed by atoms with Gasteiger partial charge in [0.2, 0.25) is 0 Å². The lowest BCUT2D eigenvalue weighted by atomic mass is 9.88. The number of halogens is 2. The van der Waals surface area contributed by atoms with Gasteiger partial charge in [0, 0.05) is 17.1 Å². The van der Waals surface area contributed by atoms with Crippen LogP contribution in [0, 0.1) is 5.92 Å². The third-order valence-corrected chi connectivity index (χ3v) is 5.22. The fraction of sp³-hybridized carbons (Fsp3) is 0.286. The summed E-state index contributed by atoms with van der Waals surface area (Å²) in [6.45, 7) is 3.76. The predicted octanol–water partition coefficient (Wildman–Crippen LogP) is 4.70. The normalized spacial score (nSPS) is 17.8. The number of anilines is 1. The Balaban J connectivity index is 1.92. The number of ether oxygens (including phenoxy) is 1. The maximum atomic E-state index is 13.0. The Bertz CT molecular complexity index is 946. The number of nitrogens with zero attached hydrogens (tertiary/aromatic N) is 2. The molecule has 8 heteroatoms. The summed E-state index contributed by atoms with van der Waals surface area (Å²) < 4.78 is 5.58. The number of benzene rings is 2. The van der Waals surface area contributed by atoms with Crippen LogP contribution in [0.15, 0.2) is 48.5 Å². The van der Waals surface area contributed by atoms with Crippen molar-refractivity contribution in [2.24, 2.45) is 5.92 Å². The molecule has 0 saturated carbocycles. The molecule has 0 aromatic heterocycles. The van der Waals surface area contributed by atoms with E-state index in [1.165, 1.54) is 13.1 Å². The van der Waals surface area contributed by atoms with E-state index in [1.807, 2.05) is 13.8 Å². The van der Waals surface area contributed by atoms with E-state index in [1.54, 1.807) is 42.5 Å². The largest absolute Gasteiger partial charge is 0.431 e. The van der Waals surface area contributed by atoms with Gasteiger partial charge in [-0.1, -0.05) is 55.2 Å². The predicted molar refractivity (Wildman–Crippen MR) is 111 cm³/mol. The number of carbonyl (C=O) groups excluding carboxylic acids is 3. The second kappa shape index (κ2) is 8.43. The molecule has 1 aliphatic heterocycles. The first-order chi connectivity index (χ1) is 13.7. The van der Waals surface area contributed by atoms with Crippen molar-refractivity contribution in [2.45, 2.75) is 26.0 Å². The van der Waals surface area contributed by atoms with Crippen LogP contribution in [-0.4, -0.2) is 36.1 Å². The van der Waals surface area contributed by atoms with Gasteiger partial charge in [0.05, 0.1) is 11.6 Å². The summed E-state index contributed by atoms with van der Waals surface area (Å²) in [6, 6.07) is 12.7. The van der Waals surface area contributed by atoms with E-state index >= 15 is 0 Å². The molecular weight excluding hydrogens is 415 g/mol. The molecule has 2 atom stereocenters. The van der Waals surface area contributed by atoms with Crippen molar-refractivity contribution < 1.29 is 19.1 Å².